The van der Waals surface area contributed by atoms with Gasteiger partial charge in [-0.15, -0.1) is 0 Å². The van der Waals surface area contributed by atoms with Crippen molar-refractivity contribution in [2.45, 2.75) is 44.9 Å². The van der Waals surface area contributed by atoms with Crippen LogP contribution >= 0.6 is 0 Å². The minimum Gasteiger partial charge on any atom is -0.478 e. The summed E-state index contributed by atoms with van der Waals surface area (Å²) in [5.74, 6) is -0.600. The minimum absolute atomic E-state index is 0.0677. The maximum Gasteiger partial charge on any atom is 0.335 e. The smallest absolute Gasteiger partial charge is 0.335 e. The van der Waals surface area contributed by atoms with Crippen LogP contribution in [0.15, 0.2) is 41.7 Å². The molecule has 0 bridgehead atoms. The van der Waals surface area contributed by atoms with Gasteiger partial charge in [0.2, 0.25) is 0 Å². The molecule has 1 aromatic carbocycles. The van der Waals surface area contributed by atoms with Crippen molar-refractivity contribution in [2.75, 3.05) is 0 Å². The van der Waals surface area contributed by atoms with Gasteiger partial charge in [0, 0.05) is 11.3 Å². The summed E-state index contributed by atoms with van der Waals surface area (Å²) in [6.07, 6.45) is 7.16. The van der Waals surface area contributed by atoms with Gasteiger partial charge in [0.1, 0.15) is 11.4 Å². The largest absolute Gasteiger partial charge is 0.478 e. The van der Waals surface area contributed by atoms with Crippen molar-refractivity contribution < 1.29 is 15.1 Å². The Morgan fingerprint density at radius 2 is 2.00 bits per heavy atom. The summed E-state index contributed by atoms with van der Waals surface area (Å²) in [6.45, 7) is 6.47. The Hall–Kier alpha value is -3.02. The van der Waals surface area contributed by atoms with Gasteiger partial charge in [0.25, 0.3) is 0 Å². The van der Waals surface area contributed by atoms with Crippen LogP contribution in [0, 0.1) is 0 Å². The molecule has 0 aliphatic heterocycles. The van der Waals surface area contributed by atoms with Crippen molar-refractivity contribution in [1.82, 2.24) is 9.97 Å². The van der Waals surface area contributed by atoms with Crippen molar-refractivity contribution in [3.8, 4) is 0 Å². The zero-order valence-corrected chi connectivity index (χ0v) is 15.7. The molecule has 0 amide bonds. The fourth-order valence-corrected chi connectivity index (χ4v) is 3.29. The maximum absolute atomic E-state index is 10.9. The van der Waals surface area contributed by atoms with Crippen LogP contribution in [-0.2, 0) is 5.41 Å². The number of aromatic carboxylic acids is 1. The van der Waals surface area contributed by atoms with Gasteiger partial charge in [-0.3, -0.25) is 4.98 Å². The second-order valence-electron chi connectivity index (χ2n) is 7.56. The Morgan fingerprint density at radius 3 is 2.63 bits per heavy atom. The lowest BCUT2D eigenvalue weighted by molar-refractivity contribution is 0.0697. The topological polar surface area (TPSA) is 95.7 Å². The Labute approximate surface area is 158 Å². The van der Waals surface area contributed by atoms with E-state index in [1.54, 1.807) is 30.5 Å². The summed E-state index contributed by atoms with van der Waals surface area (Å²) in [5, 5.41) is 21.8. The van der Waals surface area contributed by atoms with E-state index in [4.69, 9.17) is 10.1 Å². The van der Waals surface area contributed by atoms with Gasteiger partial charge in [0.05, 0.1) is 23.1 Å². The second kappa shape index (κ2) is 7.31. The zero-order valence-electron chi connectivity index (χ0n) is 15.7. The van der Waals surface area contributed by atoms with Crippen molar-refractivity contribution in [2.24, 2.45) is 5.16 Å². The predicted molar refractivity (Wildman–Crippen MR) is 103 cm³/mol. The van der Waals surface area contributed by atoms with E-state index < -0.39 is 5.97 Å². The number of nitrogens with zero attached hydrogens (tertiary/aromatic N) is 3. The molecule has 140 valence electrons. The van der Waals surface area contributed by atoms with Gasteiger partial charge in [-0.05, 0) is 36.6 Å². The minimum atomic E-state index is -0.968. The lowest BCUT2D eigenvalue weighted by Crippen LogP contribution is -2.29. The summed E-state index contributed by atoms with van der Waals surface area (Å²) >= 11 is 0. The number of carbonyl (C=O) groups is 1. The number of hydrogen-bond donors (Lipinski definition) is 2. The molecule has 1 atom stereocenters. The molecule has 6 nitrogen and oxygen atoms in total. The number of carboxylic acids is 1. The molecule has 1 aliphatic rings. The van der Waals surface area contributed by atoms with Crippen LogP contribution in [0.5, 0.6) is 0 Å². The summed E-state index contributed by atoms with van der Waals surface area (Å²) in [5.41, 5.74) is 3.74. The normalized spacial score (nSPS) is 19.1. The highest BCUT2D eigenvalue weighted by atomic mass is 16.4. The van der Waals surface area contributed by atoms with Gasteiger partial charge in [-0.25, -0.2) is 9.78 Å². The number of benzene rings is 1. The molecule has 3 rings (SSSR count). The molecule has 2 N–H and O–H groups in total. The Morgan fingerprint density at radius 1 is 1.30 bits per heavy atom. The molecule has 1 aromatic heterocycles. The Bertz CT molecular complexity index is 915. The SMILES string of the molecule is CC1CCC(C)(C)c2nc(C(/C=C/c3ccc(C(=O)O)cc3)=N\O)cnc21. The van der Waals surface area contributed by atoms with E-state index in [1.165, 1.54) is 12.1 Å². The highest BCUT2D eigenvalue weighted by molar-refractivity contribution is 6.09. The number of carboxylic acid groups (broad SMARTS) is 1. The van der Waals surface area contributed by atoms with Crippen molar-refractivity contribution >= 4 is 17.8 Å². The molecule has 0 radical (unpaired) electrons. The van der Waals surface area contributed by atoms with Crippen molar-refractivity contribution in [3.63, 3.8) is 0 Å². The third-order valence-electron chi connectivity index (χ3n) is 5.07. The van der Waals surface area contributed by atoms with Crippen LogP contribution in [0.3, 0.4) is 0 Å². The molecule has 0 saturated heterocycles. The zero-order chi connectivity index (χ0) is 19.6. The lowest BCUT2D eigenvalue weighted by atomic mass is 9.74. The van der Waals surface area contributed by atoms with Crippen LogP contribution < -0.4 is 0 Å². The Balaban J connectivity index is 1.89. The molecular formula is C21H23N3O3. The number of oxime groups is 1. The van der Waals surface area contributed by atoms with E-state index in [2.05, 4.69) is 30.9 Å². The second-order valence-corrected chi connectivity index (χ2v) is 7.56. The van der Waals surface area contributed by atoms with Crippen LogP contribution in [0.2, 0.25) is 0 Å². The van der Waals surface area contributed by atoms with E-state index >= 15 is 0 Å². The summed E-state index contributed by atoms with van der Waals surface area (Å²) in [6, 6.07) is 6.44. The number of fused-ring (bicyclic) bond motifs is 1. The summed E-state index contributed by atoms with van der Waals surface area (Å²) in [7, 11) is 0. The first-order valence-corrected chi connectivity index (χ1v) is 8.93. The fraction of sp³-hybridized carbons (Fsp3) is 0.333. The van der Waals surface area contributed by atoms with E-state index in [0.717, 1.165) is 29.8 Å². The van der Waals surface area contributed by atoms with Crippen LogP contribution in [0.25, 0.3) is 6.08 Å². The quantitative estimate of drug-likeness (QED) is 0.480. The van der Waals surface area contributed by atoms with Crippen LogP contribution in [0.1, 0.15) is 72.5 Å². The van der Waals surface area contributed by atoms with E-state index in [-0.39, 0.29) is 11.0 Å². The van der Waals surface area contributed by atoms with Gasteiger partial charge >= 0.3 is 5.97 Å². The first-order chi connectivity index (χ1) is 12.8. The third-order valence-corrected chi connectivity index (χ3v) is 5.07. The van der Waals surface area contributed by atoms with Crippen LogP contribution in [-0.4, -0.2) is 32.0 Å². The maximum atomic E-state index is 10.9. The van der Waals surface area contributed by atoms with E-state index in [9.17, 15) is 10.0 Å². The number of allylic oxidation sites excluding steroid dienone is 1. The standard InChI is InChI=1S/C21H23N3O3/c1-13-10-11-21(2,3)19-18(13)22-12-17(23-19)16(24-27)9-6-14-4-7-15(8-5-14)20(25)26/h4-9,12-13,27H,10-11H2,1-3H3,(H,25,26)/b9-6+,24-16-. The van der Waals surface area contributed by atoms with Crippen LogP contribution in [0.4, 0.5) is 0 Å². The van der Waals surface area contributed by atoms with Crippen molar-refractivity contribution in [3.05, 3.63) is 64.7 Å². The van der Waals surface area contributed by atoms with Gasteiger partial charge in [-0.1, -0.05) is 44.1 Å². The molecule has 6 heteroatoms. The number of aromatic nitrogens is 2. The monoisotopic (exact) mass is 365 g/mol. The molecule has 0 spiro atoms. The van der Waals surface area contributed by atoms with Gasteiger partial charge in [-0.2, -0.15) is 0 Å². The summed E-state index contributed by atoms with van der Waals surface area (Å²) < 4.78 is 0. The van der Waals surface area contributed by atoms with E-state index in [0.29, 0.717) is 17.3 Å². The molecule has 1 aliphatic carbocycles. The molecule has 1 heterocycles. The molecule has 0 fully saturated rings. The highest BCUT2D eigenvalue weighted by Gasteiger charge is 2.33. The average molecular weight is 365 g/mol. The number of hydrogen-bond acceptors (Lipinski definition) is 5. The molecule has 1 unspecified atom stereocenters. The molecular weight excluding hydrogens is 342 g/mol. The third kappa shape index (κ3) is 3.89. The van der Waals surface area contributed by atoms with Gasteiger partial charge in [0.15, 0.2) is 0 Å². The highest BCUT2D eigenvalue weighted by Crippen LogP contribution is 2.40. The number of rotatable bonds is 4. The average Bonchev–Trinajstić information content (AvgIpc) is 2.66. The van der Waals surface area contributed by atoms with Gasteiger partial charge < -0.3 is 10.3 Å². The van der Waals surface area contributed by atoms with Crippen molar-refractivity contribution in [1.29, 1.82) is 0 Å². The fourth-order valence-electron chi connectivity index (χ4n) is 3.29. The van der Waals surface area contributed by atoms with E-state index in [1.807, 2.05) is 0 Å². The molecule has 27 heavy (non-hydrogen) atoms. The predicted octanol–water partition coefficient (Wildman–Crippen LogP) is 4.24. The Kier molecular flexibility index (Phi) is 5.08. The molecule has 0 saturated carbocycles. The first kappa shape index (κ1) is 18.8. The lowest BCUT2D eigenvalue weighted by Gasteiger charge is -2.33. The summed E-state index contributed by atoms with van der Waals surface area (Å²) in [4.78, 5) is 20.3. The first-order valence-electron chi connectivity index (χ1n) is 8.93. The molecule has 2 aromatic rings.